The Morgan fingerprint density at radius 2 is 2.23 bits per heavy atom. The third-order valence-corrected chi connectivity index (χ3v) is 2.76. The Morgan fingerprint density at radius 1 is 1.46 bits per heavy atom. The van der Waals surface area contributed by atoms with Gasteiger partial charge in [0.15, 0.2) is 0 Å². The van der Waals surface area contributed by atoms with Crippen LogP contribution in [0.25, 0.3) is 6.08 Å². The minimum absolute atomic E-state index is 0.723. The Morgan fingerprint density at radius 3 is 2.77 bits per heavy atom. The fourth-order valence-electron chi connectivity index (χ4n) is 0.937. The van der Waals surface area contributed by atoms with Crippen molar-refractivity contribution in [3.05, 3.63) is 34.9 Å². The average molecular weight is 213 g/mol. The molecule has 1 rings (SSSR count). The topological polar surface area (TPSA) is 17.1 Å². The van der Waals surface area contributed by atoms with E-state index in [0.717, 1.165) is 21.8 Å². The lowest BCUT2D eigenvalue weighted by atomic mass is 10.2. The lowest BCUT2D eigenvalue weighted by molar-refractivity contribution is -0.104. The van der Waals surface area contributed by atoms with E-state index >= 15 is 0 Å². The molecule has 68 valence electrons. The molecule has 0 N–H and O–H groups in total. The van der Waals surface area contributed by atoms with E-state index in [0.29, 0.717) is 0 Å². The fourth-order valence-corrected chi connectivity index (χ4v) is 1.82. The van der Waals surface area contributed by atoms with Crippen molar-refractivity contribution in [3.63, 3.8) is 0 Å². The summed E-state index contributed by atoms with van der Waals surface area (Å²) < 4.78 is 0. The molecular weight excluding hydrogens is 204 g/mol. The van der Waals surface area contributed by atoms with E-state index in [2.05, 4.69) is 0 Å². The van der Waals surface area contributed by atoms with Gasteiger partial charge < -0.3 is 0 Å². The summed E-state index contributed by atoms with van der Waals surface area (Å²) in [6.07, 6.45) is 5.89. The number of carbonyl (C=O) groups excluding carboxylic acids is 1. The Balaban J connectivity index is 2.95. The maximum atomic E-state index is 10.1. The van der Waals surface area contributed by atoms with Crippen LogP contribution in [0.5, 0.6) is 0 Å². The molecule has 0 amide bonds. The van der Waals surface area contributed by atoms with Crippen molar-refractivity contribution in [2.24, 2.45) is 0 Å². The van der Waals surface area contributed by atoms with Gasteiger partial charge >= 0.3 is 0 Å². The molecule has 0 aliphatic carbocycles. The van der Waals surface area contributed by atoms with Crippen LogP contribution < -0.4 is 0 Å². The van der Waals surface area contributed by atoms with Crippen molar-refractivity contribution in [2.45, 2.75) is 4.90 Å². The third kappa shape index (κ3) is 2.90. The molecule has 0 aliphatic rings. The van der Waals surface area contributed by atoms with Crippen molar-refractivity contribution >= 4 is 35.7 Å². The second kappa shape index (κ2) is 5.10. The van der Waals surface area contributed by atoms with Crippen LogP contribution in [0.2, 0.25) is 5.02 Å². The maximum Gasteiger partial charge on any atom is 0.142 e. The molecule has 0 saturated heterocycles. The third-order valence-electron chi connectivity index (χ3n) is 1.54. The summed E-state index contributed by atoms with van der Waals surface area (Å²) in [6.45, 7) is 0. The first kappa shape index (κ1) is 10.4. The lowest BCUT2D eigenvalue weighted by Gasteiger charge is -2.00. The van der Waals surface area contributed by atoms with Crippen molar-refractivity contribution in [3.8, 4) is 0 Å². The predicted molar refractivity (Wildman–Crippen MR) is 58.3 cm³/mol. The Bertz CT molecular complexity index is 334. The van der Waals surface area contributed by atoms with E-state index in [-0.39, 0.29) is 0 Å². The molecule has 0 radical (unpaired) electrons. The summed E-state index contributed by atoms with van der Waals surface area (Å²) in [7, 11) is 0. The van der Waals surface area contributed by atoms with Gasteiger partial charge in [-0.3, -0.25) is 4.79 Å². The van der Waals surface area contributed by atoms with Gasteiger partial charge in [-0.05, 0) is 30.0 Å². The molecule has 0 fully saturated rings. The number of rotatable bonds is 3. The van der Waals surface area contributed by atoms with Gasteiger partial charge in [0, 0.05) is 4.90 Å². The van der Waals surface area contributed by atoms with Crippen molar-refractivity contribution in [1.29, 1.82) is 0 Å². The second-order valence-electron chi connectivity index (χ2n) is 2.39. The second-order valence-corrected chi connectivity index (χ2v) is 3.64. The summed E-state index contributed by atoms with van der Waals surface area (Å²) >= 11 is 7.57. The number of hydrogen-bond acceptors (Lipinski definition) is 2. The molecular formula is C10H9ClOS. The number of allylic oxidation sites excluding steroid dienone is 1. The largest absolute Gasteiger partial charge is 0.299 e. The highest BCUT2D eigenvalue weighted by atomic mass is 35.5. The molecule has 1 aromatic rings. The Kier molecular flexibility index (Phi) is 4.06. The highest BCUT2D eigenvalue weighted by molar-refractivity contribution is 7.98. The van der Waals surface area contributed by atoms with E-state index < -0.39 is 0 Å². The molecule has 0 spiro atoms. The number of thioether (sulfide) groups is 1. The quantitative estimate of drug-likeness (QED) is 0.435. The molecule has 0 unspecified atom stereocenters. The number of carbonyl (C=O) groups is 1. The minimum Gasteiger partial charge on any atom is -0.299 e. The van der Waals surface area contributed by atoms with Crippen LogP contribution in [0.4, 0.5) is 0 Å². The highest BCUT2D eigenvalue weighted by Crippen LogP contribution is 2.26. The molecule has 13 heavy (non-hydrogen) atoms. The molecule has 0 bridgehead atoms. The zero-order valence-corrected chi connectivity index (χ0v) is 8.73. The molecule has 0 heterocycles. The summed E-state index contributed by atoms with van der Waals surface area (Å²) in [5.41, 5.74) is 0.940. The summed E-state index contributed by atoms with van der Waals surface area (Å²) in [5, 5.41) is 0.723. The van der Waals surface area contributed by atoms with Gasteiger partial charge in [-0.15, -0.1) is 11.8 Å². The van der Waals surface area contributed by atoms with Crippen LogP contribution in [-0.2, 0) is 4.79 Å². The molecule has 1 nitrogen and oxygen atoms in total. The first-order chi connectivity index (χ1) is 6.27. The summed E-state index contributed by atoms with van der Waals surface area (Å²) in [4.78, 5) is 11.1. The van der Waals surface area contributed by atoms with Crippen LogP contribution in [0.1, 0.15) is 5.56 Å². The van der Waals surface area contributed by atoms with E-state index in [4.69, 9.17) is 11.6 Å². The van der Waals surface area contributed by atoms with Crippen LogP contribution in [0.3, 0.4) is 0 Å². The summed E-state index contributed by atoms with van der Waals surface area (Å²) in [5.74, 6) is 0. The first-order valence-electron chi connectivity index (χ1n) is 3.73. The average Bonchev–Trinajstić information content (AvgIpc) is 2.15. The highest BCUT2D eigenvalue weighted by Gasteiger charge is 1.97. The van der Waals surface area contributed by atoms with E-state index in [1.807, 2.05) is 24.5 Å². The zero-order valence-electron chi connectivity index (χ0n) is 7.16. The van der Waals surface area contributed by atoms with Gasteiger partial charge in [-0.1, -0.05) is 23.7 Å². The number of benzene rings is 1. The van der Waals surface area contributed by atoms with Crippen LogP contribution in [0, 0.1) is 0 Å². The van der Waals surface area contributed by atoms with Crippen LogP contribution in [0.15, 0.2) is 29.2 Å². The van der Waals surface area contributed by atoms with Crippen molar-refractivity contribution < 1.29 is 4.79 Å². The number of halogens is 1. The van der Waals surface area contributed by atoms with Gasteiger partial charge in [-0.25, -0.2) is 0 Å². The first-order valence-corrected chi connectivity index (χ1v) is 5.33. The smallest absolute Gasteiger partial charge is 0.142 e. The van der Waals surface area contributed by atoms with Gasteiger partial charge in [-0.2, -0.15) is 0 Å². The SMILES string of the molecule is CSc1ccc(C=CC=O)cc1Cl. The van der Waals surface area contributed by atoms with E-state index in [1.165, 1.54) is 6.08 Å². The molecule has 0 aliphatic heterocycles. The molecule has 0 saturated carbocycles. The molecule has 1 aromatic carbocycles. The van der Waals surface area contributed by atoms with E-state index in [1.54, 1.807) is 17.8 Å². The van der Waals surface area contributed by atoms with Gasteiger partial charge in [0.25, 0.3) is 0 Å². The fraction of sp³-hybridized carbons (Fsp3) is 0.100. The van der Waals surface area contributed by atoms with Gasteiger partial charge in [0.1, 0.15) is 6.29 Å². The standard InChI is InChI=1S/C10H9ClOS/c1-13-10-5-4-8(3-2-6-12)7-9(10)11/h2-7H,1H3. The summed E-state index contributed by atoms with van der Waals surface area (Å²) in [6, 6.07) is 5.71. The van der Waals surface area contributed by atoms with Crippen LogP contribution >= 0.6 is 23.4 Å². The number of hydrogen-bond donors (Lipinski definition) is 0. The molecule has 3 heteroatoms. The Hall–Kier alpha value is -0.730. The monoisotopic (exact) mass is 212 g/mol. The van der Waals surface area contributed by atoms with Crippen LogP contribution in [-0.4, -0.2) is 12.5 Å². The van der Waals surface area contributed by atoms with Crippen molar-refractivity contribution in [1.82, 2.24) is 0 Å². The number of aldehydes is 1. The normalized spacial score (nSPS) is 10.6. The molecule has 0 atom stereocenters. The maximum absolute atomic E-state index is 10.1. The lowest BCUT2D eigenvalue weighted by Crippen LogP contribution is -1.76. The van der Waals surface area contributed by atoms with Gasteiger partial charge in [0.2, 0.25) is 0 Å². The van der Waals surface area contributed by atoms with E-state index in [9.17, 15) is 4.79 Å². The predicted octanol–water partition coefficient (Wildman–Crippen LogP) is 3.27. The Labute approximate surface area is 86.8 Å². The van der Waals surface area contributed by atoms with Gasteiger partial charge in [0.05, 0.1) is 5.02 Å². The molecule has 0 aromatic heterocycles. The van der Waals surface area contributed by atoms with Crippen molar-refractivity contribution in [2.75, 3.05) is 6.26 Å². The minimum atomic E-state index is 0.723. The zero-order chi connectivity index (χ0) is 9.68.